The molecule has 5 atom stereocenters. The Balaban J connectivity index is 2.73. The van der Waals surface area contributed by atoms with Crippen LogP contribution in [0.4, 0.5) is 0 Å². The van der Waals surface area contributed by atoms with E-state index in [-0.39, 0.29) is 24.4 Å². The van der Waals surface area contributed by atoms with Crippen molar-refractivity contribution in [3.63, 3.8) is 0 Å². The third-order valence-electron chi connectivity index (χ3n) is 3.21. The van der Waals surface area contributed by atoms with Crippen molar-refractivity contribution < 1.29 is 18.9 Å². The Morgan fingerprint density at radius 1 is 1.00 bits per heavy atom. The maximum absolute atomic E-state index is 5.84. The summed E-state index contributed by atoms with van der Waals surface area (Å²) in [6.07, 6.45) is 0.137. The Labute approximate surface area is 91.8 Å². The molecular weight excluding hydrogens is 196 g/mol. The summed E-state index contributed by atoms with van der Waals surface area (Å²) in [6.45, 7) is 4.72. The van der Waals surface area contributed by atoms with Gasteiger partial charge in [0.2, 0.25) is 0 Å². The quantitative estimate of drug-likeness (QED) is 0.707. The van der Waals surface area contributed by atoms with Crippen LogP contribution in [0, 0.1) is 5.92 Å². The molecule has 0 spiro atoms. The maximum Gasteiger partial charge on any atom is 0.112 e. The lowest BCUT2D eigenvalue weighted by molar-refractivity contribution is -0.218. The highest BCUT2D eigenvalue weighted by atomic mass is 16.6. The van der Waals surface area contributed by atoms with Gasteiger partial charge < -0.3 is 18.9 Å². The van der Waals surface area contributed by atoms with Crippen molar-refractivity contribution in [1.82, 2.24) is 0 Å². The number of hydrogen-bond acceptors (Lipinski definition) is 4. The Morgan fingerprint density at radius 3 is 2.07 bits per heavy atom. The summed E-state index contributed by atoms with van der Waals surface area (Å²) in [6, 6.07) is 0. The van der Waals surface area contributed by atoms with Gasteiger partial charge in [-0.3, -0.25) is 0 Å². The predicted molar refractivity (Wildman–Crippen MR) is 57.0 cm³/mol. The molecule has 1 aliphatic heterocycles. The minimum Gasteiger partial charge on any atom is -0.382 e. The van der Waals surface area contributed by atoms with Gasteiger partial charge in [-0.05, 0) is 6.92 Å². The molecule has 90 valence electrons. The molecule has 0 radical (unpaired) electrons. The fourth-order valence-corrected chi connectivity index (χ4v) is 2.19. The zero-order valence-corrected chi connectivity index (χ0v) is 10.2. The Bertz CT molecular complexity index is 185. The third-order valence-corrected chi connectivity index (χ3v) is 3.21. The Kier molecular flexibility index (Phi) is 4.99. The first-order chi connectivity index (χ1) is 7.15. The van der Waals surface area contributed by atoms with Gasteiger partial charge in [0.05, 0.1) is 18.8 Å². The van der Waals surface area contributed by atoms with Crippen molar-refractivity contribution in [1.29, 1.82) is 0 Å². The molecule has 0 N–H and O–H groups in total. The van der Waals surface area contributed by atoms with Crippen LogP contribution >= 0.6 is 0 Å². The highest BCUT2D eigenvalue weighted by molar-refractivity contribution is 4.90. The van der Waals surface area contributed by atoms with Gasteiger partial charge in [0, 0.05) is 27.2 Å². The predicted octanol–water partition coefficient (Wildman–Crippen LogP) is 1.09. The second-order valence-corrected chi connectivity index (χ2v) is 4.09. The van der Waals surface area contributed by atoms with Crippen LogP contribution in [0.3, 0.4) is 0 Å². The van der Waals surface area contributed by atoms with Crippen LogP contribution in [0.2, 0.25) is 0 Å². The van der Waals surface area contributed by atoms with E-state index in [1.54, 1.807) is 21.3 Å². The molecular formula is C11H22O4. The van der Waals surface area contributed by atoms with E-state index in [0.717, 1.165) is 0 Å². The van der Waals surface area contributed by atoms with Crippen LogP contribution in [-0.4, -0.2) is 52.4 Å². The van der Waals surface area contributed by atoms with E-state index in [9.17, 15) is 0 Å². The Hall–Kier alpha value is -0.160. The number of methoxy groups -OCH3 is 3. The molecule has 0 saturated carbocycles. The van der Waals surface area contributed by atoms with Crippen LogP contribution in [0.5, 0.6) is 0 Å². The van der Waals surface area contributed by atoms with Gasteiger partial charge in [0.15, 0.2) is 0 Å². The molecule has 4 heteroatoms. The summed E-state index contributed by atoms with van der Waals surface area (Å²) in [5.41, 5.74) is 0. The number of hydrogen-bond donors (Lipinski definition) is 0. The molecule has 1 rings (SSSR count). The molecule has 0 aromatic rings. The third kappa shape index (κ3) is 2.69. The molecule has 4 nitrogen and oxygen atoms in total. The van der Waals surface area contributed by atoms with Crippen LogP contribution in [0.1, 0.15) is 13.8 Å². The summed E-state index contributed by atoms with van der Waals surface area (Å²) in [5.74, 6) is 0.327. The number of rotatable bonds is 4. The van der Waals surface area contributed by atoms with Gasteiger partial charge in [0.25, 0.3) is 0 Å². The largest absolute Gasteiger partial charge is 0.382 e. The standard InChI is InChI=1S/C11H22O4/c1-7-8(2)15-9(6-12-3)11(14-5)10(7)13-4/h7-11H,6H2,1-5H3/t7?,8-,9?,10+,11+/m0/s1. The summed E-state index contributed by atoms with van der Waals surface area (Å²) in [4.78, 5) is 0. The highest BCUT2D eigenvalue weighted by Crippen LogP contribution is 2.29. The van der Waals surface area contributed by atoms with Crippen LogP contribution in [-0.2, 0) is 18.9 Å². The van der Waals surface area contributed by atoms with E-state index < -0.39 is 0 Å². The van der Waals surface area contributed by atoms with Crippen LogP contribution in [0.25, 0.3) is 0 Å². The van der Waals surface area contributed by atoms with Crippen LogP contribution < -0.4 is 0 Å². The number of ether oxygens (including phenoxy) is 4. The maximum atomic E-state index is 5.84. The van der Waals surface area contributed by atoms with Crippen molar-refractivity contribution in [3.8, 4) is 0 Å². The lowest BCUT2D eigenvalue weighted by Gasteiger charge is -2.43. The minimum atomic E-state index is -0.0545. The molecule has 1 fully saturated rings. The van der Waals surface area contributed by atoms with Gasteiger partial charge in [0.1, 0.15) is 12.2 Å². The zero-order valence-electron chi connectivity index (χ0n) is 10.2. The normalized spacial score (nSPS) is 41.8. The van der Waals surface area contributed by atoms with Gasteiger partial charge in [-0.1, -0.05) is 6.92 Å². The van der Waals surface area contributed by atoms with Crippen molar-refractivity contribution in [2.24, 2.45) is 5.92 Å². The van der Waals surface area contributed by atoms with E-state index in [0.29, 0.717) is 12.5 Å². The smallest absolute Gasteiger partial charge is 0.112 e. The molecule has 0 amide bonds. The van der Waals surface area contributed by atoms with E-state index in [4.69, 9.17) is 18.9 Å². The summed E-state index contributed by atoms with van der Waals surface area (Å²) >= 11 is 0. The molecule has 0 aromatic carbocycles. The fourth-order valence-electron chi connectivity index (χ4n) is 2.19. The molecule has 0 aromatic heterocycles. The lowest BCUT2D eigenvalue weighted by Crippen LogP contribution is -2.55. The van der Waals surface area contributed by atoms with E-state index in [2.05, 4.69) is 13.8 Å². The molecule has 0 bridgehead atoms. The lowest BCUT2D eigenvalue weighted by atomic mass is 9.88. The average Bonchev–Trinajstić information content (AvgIpc) is 2.23. The zero-order chi connectivity index (χ0) is 11.4. The van der Waals surface area contributed by atoms with Gasteiger partial charge in [-0.15, -0.1) is 0 Å². The molecule has 2 unspecified atom stereocenters. The van der Waals surface area contributed by atoms with Crippen molar-refractivity contribution in [2.75, 3.05) is 27.9 Å². The molecule has 1 aliphatic rings. The van der Waals surface area contributed by atoms with E-state index in [1.807, 2.05) is 0 Å². The monoisotopic (exact) mass is 218 g/mol. The molecule has 1 heterocycles. The molecule has 0 aliphatic carbocycles. The second-order valence-electron chi connectivity index (χ2n) is 4.09. The Morgan fingerprint density at radius 2 is 1.60 bits per heavy atom. The van der Waals surface area contributed by atoms with Crippen molar-refractivity contribution in [3.05, 3.63) is 0 Å². The minimum absolute atomic E-state index is 0.0452. The van der Waals surface area contributed by atoms with E-state index in [1.165, 1.54) is 0 Å². The van der Waals surface area contributed by atoms with Crippen molar-refractivity contribution >= 4 is 0 Å². The van der Waals surface area contributed by atoms with Gasteiger partial charge in [-0.2, -0.15) is 0 Å². The SMILES string of the molecule is COCC1O[C@@H](C)C(C)[C@@H](OC)[C@@H]1OC. The molecule has 1 saturated heterocycles. The average molecular weight is 218 g/mol. The first kappa shape index (κ1) is 12.9. The molecule has 15 heavy (non-hydrogen) atoms. The van der Waals surface area contributed by atoms with Gasteiger partial charge >= 0.3 is 0 Å². The highest BCUT2D eigenvalue weighted by Gasteiger charge is 2.42. The first-order valence-electron chi connectivity index (χ1n) is 5.35. The van der Waals surface area contributed by atoms with Crippen LogP contribution in [0.15, 0.2) is 0 Å². The fraction of sp³-hybridized carbons (Fsp3) is 1.00. The van der Waals surface area contributed by atoms with Crippen molar-refractivity contribution in [2.45, 2.75) is 38.3 Å². The topological polar surface area (TPSA) is 36.9 Å². The first-order valence-corrected chi connectivity index (χ1v) is 5.35. The van der Waals surface area contributed by atoms with Gasteiger partial charge in [-0.25, -0.2) is 0 Å². The second kappa shape index (κ2) is 5.80. The summed E-state index contributed by atoms with van der Waals surface area (Å²) in [7, 11) is 5.07. The summed E-state index contributed by atoms with van der Waals surface area (Å²) in [5, 5.41) is 0. The summed E-state index contributed by atoms with van der Waals surface area (Å²) < 4.78 is 21.9. The van der Waals surface area contributed by atoms with E-state index >= 15 is 0 Å².